The highest BCUT2D eigenvalue weighted by Crippen LogP contribution is 2.22. The summed E-state index contributed by atoms with van der Waals surface area (Å²) < 4.78 is 0.820. The zero-order valence-electron chi connectivity index (χ0n) is 8.57. The molecular formula is C10H13BrN2O2S. The van der Waals surface area contributed by atoms with Crippen molar-refractivity contribution in [3.8, 4) is 0 Å². The third kappa shape index (κ3) is 2.63. The first kappa shape index (κ1) is 12.0. The van der Waals surface area contributed by atoms with Crippen molar-refractivity contribution in [3.63, 3.8) is 0 Å². The van der Waals surface area contributed by atoms with Gasteiger partial charge in [-0.05, 0) is 27.4 Å². The lowest BCUT2D eigenvalue weighted by molar-refractivity contribution is 0.0930. The fourth-order valence-corrected chi connectivity index (χ4v) is 3.15. The fraction of sp³-hybridized carbons (Fsp3) is 0.500. The van der Waals surface area contributed by atoms with E-state index in [0.717, 1.165) is 11.0 Å². The van der Waals surface area contributed by atoms with E-state index in [2.05, 4.69) is 26.6 Å². The quantitative estimate of drug-likeness (QED) is 0.775. The first-order valence-corrected chi connectivity index (χ1v) is 6.75. The molecule has 0 radical (unpaired) electrons. The highest BCUT2D eigenvalue weighted by atomic mass is 79.9. The molecule has 2 unspecified atom stereocenters. The Hall–Kier alpha value is -0.430. The van der Waals surface area contributed by atoms with E-state index in [1.54, 1.807) is 0 Å². The topological polar surface area (TPSA) is 61.4 Å². The number of thiophene rings is 1. The van der Waals surface area contributed by atoms with Gasteiger partial charge in [0, 0.05) is 30.0 Å². The van der Waals surface area contributed by atoms with Crippen LogP contribution in [0.25, 0.3) is 0 Å². The maximum atomic E-state index is 11.8. The van der Waals surface area contributed by atoms with Crippen molar-refractivity contribution < 1.29 is 9.90 Å². The number of aliphatic hydroxyl groups is 1. The predicted molar refractivity (Wildman–Crippen MR) is 66.7 cm³/mol. The SMILES string of the molecule is O=C(NCC1CNCC1O)c1sccc1Br. The summed E-state index contributed by atoms with van der Waals surface area (Å²) in [6, 6.07) is 1.85. The van der Waals surface area contributed by atoms with E-state index in [4.69, 9.17) is 0 Å². The Morgan fingerprint density at radius 3 is 3.06 bits per heavy atom. The smallest absolute Gasteiger partial charge is 0.262 e. The average molecular weight is 305 g/mol. The number of nitrogens with one attached hydrogen (secondary N) is 2. The maximum absolute atomic E-state index is 11.8. The minimum atomic E-state index is -0.355. The molecule has 1 aliphatic rings. The number of β-amino-alcohol motifs (C(OH)–C–C–N with tert-alkyl or cyclic N) is 1. The molecule has 4 nitrogen and oxygen atoms in total. The Balaban J connectivity index is 1.86. The van der Waals surface area contributed by atoms with Gasteiger partial charge in [-0.3, -0.25) is 4.79 Å². The molecule has 2 rings (SSSR count). The zero-order chi connectivity index (χ0) is 11.5. The highest BCUT2D eigenvalue weighted by Gasteiger charge is 2.25. The minimum absolute atomic E-state index is 0.0824. The second kappa shape index (κ2) is 5.27. The van der Waals surface area contributed by atoms with Crippen LogP contribution in [0.3, 0.4) is 0 Å². The standard InChI is InChI=1S/C10H13BrN2O2S/c11-7-1-2-16-9(7)10(15)13-4-6-3-12-5-8(6)14/h1-2,6,8,12,14H,3-5H2,(H,13,15). The molecule has 1 aromatic rings. The Bertz CT molecular complexity index is 383. The first-order valence-electron chi connectivity index (χ1n) is 5.08. The third-order valence-corrected chi connectivity index (χ3v) is 4.49. The van der Waals surface area contributed by atoms with E-state index < -0.39 is 0 Å². The lowest BCUT2D eigenvalue weighted by atomic mass is 10.1. The molecule has 1 fully saturated rings. The molecule has 16 heavy (non-hydrogen) atoms. The summed E-state index contributed by atoms with van der Waals surface area (Å²) in [4.78, 5) is 12.4. The lowest BCUT2D eigenvalue weighted by Crippen LogP contribution is -2.34. The van der Waals surface area contributed by atoms with Crippen LogP contribution in [0.5, 0.6) is 0 Å². The summed E-state index contributed by atoms with van der Waals surface area (Å²) in [5.41, 5.74) is 0. The second-order valence-corrected chi connectivity index (χ2v) is 5.56. The minimum Gasteiger partial charge on any atom is -0.391 e. The van der Waals surface area contributed by atoms with Gasteiger partial charge in [0.25, 0.3) is 5.91 Å². The molecule has 88 valence electrons. The zero-order valence-corrected chi connectivity index (χ0v) is 11.0. The number of carbonyl (C=O) groups is 1. The van der Waals surface area contributed by atoms with Crippen LogP contribution < -0.4 is 10.6 Å². The van der Waals surface area contributed by atoms with Crippen molar-refractivity contribution in [2.75, 3.05) is 19.6 Å². The van der Waals surface area contributed by atoms with Crippen molar-refractivity contribution >= 4 is 33.2 Å². The molecular weight excluding hydrogens is 292 g/mol. The molecule has 1 saturated heterocycles. The summed E-state index contributed by atoms with van der Waals surface area (Å²) in [5, 5.41) is 17.4. The van der Waals surface area contributed by atoms with Gasteiger partial charge in [0.1, 0.15) is 4.88 Å². The predicted octanol–water partition coefficient (Wildman–Crippen LogP) is 0.821. The maximum Gasteiger partial charge on any atom is 0.262 e. The molecule has 1 aromatic heterocycles. The molecule has 3 N–H and O–H groups in total. The second-order valence-electron chi connectivity index (χ2n) is 3.79. The molecule has 0 saturated carbocycles. The largest absolute Gasteiger partial charge is 0.391 e. The number of halogens is 1. The molecule has 0 bridgehead atoms. The van der Waals surface area contributed by atoms with Gasteiger partial charge in [0.15, 0.2) is 0 Å². The number of hydrogen-bond donors (Lipinski definition) is 3. The van der Waals surface area contributed by atoms with Crippen LogP contribution in [0.1, 0.15) is 9.67 Å². The van der Waals surface area contributed by atoms with Crippen molar-refractivity contribution in [1.82, 2.24) is 10.6 Å². The van der Waals surface area contributed by atoms with Crippen LogP contribution in [0.15, 0.2) is 15.9 Å². The van der Waals surface area contributed by atoms with E-state index in [1.165, 1.54) is 11.3 Å². The van der Waals surface area contributed by atoms with E-state index in [1.807, 2.05) is 11.4 Å². The van der Waals surface area contributed by atoms with Crippen LogP contribution in [0.4, 0.5) is 0 Å². The van der Waals surface area contributed by atoms with Gasteiger partial charge in [-0.25, -0.2) is 0 Å². The van der Waals surface area contributed by atoms with Gasteiger partial charge in [-0.15, -0.1) is 11.3 Å². The molecule has 2 heterocycles. The van der Waals surface area contributed by atoms with E-state index in [9.17, 15) is 9.90 Å². The van der Waals surface area contributed by atoms with Gasteiger partial charge in [0.2, 0.25) is 0 Å². The third-order valence-electron chi connectivity index (χ3n) is 2.65. The van der Waals surface area contributed by atoms with Crippen LogP contribution in [0.2, 0.25) is 0 Å². The fourth-order valence-electron chi connectivity index (χ4n) is 1.69. The van der Waals surface area contributed by atoms with E-state index in [0.29, 0.717) is 18.0 Å². The number of carbonyl (C=O) groups excluding carboxylic acids is 1. The monoisotopic (exact) mass is 304 g/mol. The van der Waals surface area contributed by atoms with Crippen LogP contribution in [-0.4, -0.2) is 36.8 Å². The van der Waals surface area contributed by atoms with Gasteiger partial charge in [-0.1, -0.05) is 0 Å². The summed E-state index contributed by atoms with van der Waals surface area (Å²) in [5.74, 6) is 0.0312. The van der Waals surface area contributed by atoms with E-state index in [-0.39, 0.29) is 17.9 Å². The highest BCUT2D eigenvalue weighted by molar-refractivity contribution is 9.10. The molecule has 2 atom stereocenters. The summed E-state index contributed by atoms with van der Waals surface area (Å²) in [6.45, 7) is 1.88. The Morgan fingerprint density at radius 1 is 1.69 bits per heavy atom. The number of aliphatic hydroxyl groups excluding tert-OH is 1. The summed E-state index contributed by atoms with van der Waals surface area (Å²) >= 11 is 4.72. The summed E-state index contributed by atoms with van der Waals surface area (Å²) in [7, 11) is 0. The van der Waals surface area contributed by atoms with Gasteiger partial charge in [0.05, 0.1) is 6.10 Å². The van der Waals surface area contributed by atoms with Crippen LogP contribution >= 0.6 is 27.3 Å². The van der Waals surface area contributed by atoms with Crippen molar-refractivity contribution in [2.24, 2.45) is 5.92 Å². The number of hydrogen-bond acceptors (Lipinski definition) is 4. The van der Waals surface area contributed by atoms with Gasteiger partial charge >= 0.3 is 0 Å². The molecule has 1 aliphatic heterocycles. The average Bonchev–Trinajstić information content (AvgIpc) is 2.84. The Kier molecular flexibility index (Phi) is 3.96. The van der Waals surface area contributed by atoms with Crippen molar-refractivity contribution in [1.29, 1.82) is 0 Å². The first-order chi connectivity index (χ1) is 7.68. The van der Waals surface area contributed by atoms with Crippen LogP contribution in [0, 0.1) is 5.92 Å². The molecule has 1 amide bonds. The van der Waals surface area contributed by atoms with Crippen LogP contribution in [-0.2, 0) is 0 Å². The van der Waals surface area contributed by atoms with Crippen molar-refractivity contribution in [3.05, 3.63) is 20.8 Å². The normalized spacial score (nSPS) is 24.6. The Morgan fingerprint density at radius 2 is 2.50 bits per heavy atom. The van der Waals surface area contributed by atoms with Crippen molar-refractivity contribution in [2.45, 2.75) is 6.10 Å². The molecule has 6 heteroatoms. The van der Waals surface area contributed by atoms with Gasteiger partial charge in [-0.2, -0.15) is 0 Å². The van der Waals surface area contributed by atoms with Gasteiger partial charge < -0.3 is 15.7 Å². The molecule has 0 spiro atoms. The number of rotatable bonds is 3. The van der Waals surface area contributed by atoms with E-state index >= 15 is 0 Å². The summed E-state index contributed by atoms with van der Waals surface area (Å²) in [6.07, 6.45) is -0.355. The Labute approximate surface area is 106 Å². The molecule has 0 aromatic carbocycles. The lowest BCUT2D eigenvalue weighted by Gasteiger charge is -2.13. The molecule has 0 aliphatic carbocycles. The number of amides is 1.